The van der Waals surface area contributed by atoms with E-state index in [1.54, 1.807) is 6.26 Å². The normalized spacial score (nSPS) is 19.4. The predicted octanol–water partition coefficient (Wildman–Crippen LogP) is 5.37. The third kappa shape index (κ3) is 4.12. The molecule has 1 heteroatoms. The van der Waals surface area contributed by atoms with E-state index in [1.165, 1.54) is 24.0 Å². The van der Waals surface area contributed by atoms with Gasteiger partial charge in [0.15, 0.2) is 0 Å². The highest BCUT2D eigenvalue weighted by atomic mass is 16.5. The summed E-state index contributed by atoms with van der Waals surface area (Å²) >= 11 is 0. The van der Waals surface area contributed by atoms with Gasteiger partial charge in [-0.3, -0.25) is 0 Å². The lowest BCUT2D eigenvalue weighted by Crippen LogP contribution is -2.14. The van der Waals surface area contributed by atoms with Crippen LogP contribution in [-0.4, -0.2) is 6.61 Å². The maximum Gasteiger partial charge on any atom is 0.0876 e. The zero-order valence-electron chi connectivity index (χ0n) is 12.5. The second kappa shape index (κ2) is 7.14. The van der Waals surface area contributed by atoms with Crippen LogP contribution in [-0.2, 0) is 4.74 Å². The van der Waals surface area contributed by atoms with E-state index in [0.29, 0.717) is 0 Å². The van der Waals surface area contributed by atoms with Crippen LogP contribution < -0.4 is 0 Å². The molecule has 0 saturated carbocycles. The van der Waals surface area contributed by atoms with Crippen molar-refractivity contribution in [3.05, 3.63) is 66.5 Å². The van der Waals surface area contributed by atoms with Crippen molar-refractivity contribution in [2.24, 2.45) is 5.41 Å². The Morgan fingerprint density at radius 2 is 1.85 bits per heavy atom. The van der Waals surface area contributed by atoms with Gasteiger partial charge in [0.1, 0.15) is 0 Å². The van der Waals surface area contributed by atoms with Gasteiger partial charge in [0.25, 0.3) is 0 Å². The van der Waals surface area contributed by atoms with E-state index < -0.39 is 0 Å². The molecule has 0 aromatic heterocycles. The summed E-state index contributed by atoms with van der Waals surface area (Å²) in [7, 11) is 0. The Morgan fingerprint density at radius 1 is 1.05 bits per heavy atom. The molecule has 0 amide bonds. The molecule has 0 fully saturated rings. The van der Waals surface area contributed by atoms with Gasteiger partial charge in [0.2, 0.25) is 0 Å². The van der Waals surface area contributed by atoms with Crippen LogP contribution in [0.1, 0.15) is 38.7 Å². The van der Waals surface area contributed by atoms with Crippen molar-refractivity contribution in [2.45, 2.75) is 33.1 Å². The van der Waals surface area contributed by atoms with Crippen LogP contribution in [0.3, 0.4) is 0 Å². The second-order valence-corrected chi connectivity index (χ2v) is 5.85. The molecule has 1 aromatic carbocycles. The molecule has 0 radical (unpaired) electrons. The van der Waals surface area contributed by atoms with E-state index in [4.69, 9.17) is 4.74 Å². The van der Waals surface area contributed by atoms with Gasteiger partial charge in [0.05, 0.1) is 12.9 Å². The molecule has 0 atom stereocenters. The van der Waals surface area contributed by atoms with Crippen LogP contribution >= 0.6 is 0 Å². The number of ether oxygens (including phenoxy) is 1. The van der Waals surface area contributed by atoms with Crippen molar-refractivity contribution in [3.8, 4) is 0 Å². The zero-order chi connectivity index (χ0) is 14.3. The van der Waals surface area contributed by atoms with Gasteiger partial charge in [-0.25, -0.2) is 0 Å². The third-order valence-corrected chi connectivity index (χ3v) is 3.67. The monoisotopic (exact) mass is 268 g/mol. The van der Waals surface area contributed by atoms with Gasteiger partial charge in [-0.05, 0) is 41.9 Å². The molecule has 0 unspecified atom stereocenters. The standard InChI is InChI=1S/C14H16.C5H8O/c1-14(2)11-7-6-10-13(14)12-8-4-3-5-9-12;1-2-4-6-5-3-1/h3-10H,11H2,1-2H3;2,4H,1,3,5H2. The van der Waals surface area contributed by atoms with E-state index in [9.17, 15) is 0 Å². The lowest BCUT2D eigenvalue weighted by atomic mass is 9.75. The fraction of sp³-hybridized carbons (Fsp3) is 0.368. The van der Waals surface area contributed by atoms with Crippen molar-refractivity contribution in [1.82, 2.24) is 0 Å². The molecular weight excluding hydrogens is 244 g/mol. The number of rotatable bonds is 1. The maximum atomic E-state index is 4.89. The number of hydrogen-bond acceptors (Lipinski definition) is 1. The van der Waals surface area contributed by atoms with Crippen molar-refractivity contribution < 1.29 is 4.74 Å². The first kappa shape index (κ1) is 14.6. The van der Waals surface area contributed by atoms with Gasteiger partial charge in [-0.2, -0.15) is 0 Å². The van der Waals surface area contributed by atoms with Crippen LogP contribution in [0.25, 0.3) is 5.57 Å². The molecule has 1 heterocycles. The lowest BCUT2D eigenvalue weighted by molar-refractivity contribution is 0.231. The minimum Gasteiger partial charge on any atom is -0.502 e. The Hall–Kier alpha value is -1.76. The molecule has 0 saturated heterocycles. The molecule has 1 nitrogen and oxygen atoms in total. The van der Waals surface area contributed by atoms with Gasteiger partial charge in [-0.1, -0.05) is 62.4 Å². The summed E-state index contributed by atoms with van der Waals surface area (Å²) in [5.74, 6) is 0. The van der Waals surface area contributed by atoms with E-state index in [0.717, 1.165) is 13.0 Å². The SMILES string of the molecule is C1=COCCC1.CC1(C)CC=CC=C1c1ccccc1. The molecule has 106 valence electrons. The van der Waals surface area contributed by atoms with Crippen molar-refractivity contribution in [1.29, 1.82) is 0 Å². The van der Waals surface area contributed by atoms with Crippen molar-refractivity contribution in [3.63, 3.8) is 0 Å². The van der Waals surface area contributed by atoms with Crippen molar-refractivity contribution >= 4 is 5.57 Å². The maximum absolute atomic E-state index is 4.89. The molecule has 2 aliphatic rings. The minimum atomic E-state index is 0.274. The molecule has 0 spiro atoms. The van der Waals surface area contributed by atoms with Gasteiger partial charge in [-0.15, -0.1) is 0 Å². The van der Waals surface area contributed by atoms with E-state index in [-0.39, 0.29) is 5.41 Å². The highest BCUT2D eigenvalue weighted by Gasteiger charge is 2.24. The Bertz CT molecular complexity index is 484. The predicted molar refractivity (Wildman–Crippen MR) is 86.3 cm³/mol. The topological polar surface area (TPSA) is 9.23 Å². The smallest absolute Gasteiger partial charge is 0.0876 e. The summed E-state index contributed by atoms with van der Waals surface area (Å²) < 4.78 is 4.89. The van der Waals surface area contributed by atoms with Crippen LogP contribution in [0, 0.1) is 5.41 Å². The first-order valence-corrected chi connectivity index (χ1v) is 7.39. The first-order chi connectivity index (χ1) is 9.70. The van der Waals surface area contributed by atoms with Gasteiger partial charge in [0, 0.05) is 0 Å². The number of allylic oxidation sites excluding steroid dienone is 5. The molecule has 1 aliphatic heterocycles. The summed E-state index contributed by atoms with van der Waals surface area (Å²) in [6, 6.07) is 10.6. The Labute approximate surface area is 122 Å². The lowest BCUT2D eigenvalue weighted by Gasteiger charge is -2.29. The molecule has 0 bridgehead atoms. The highest BCUT2D eigenvalue weighted by Crippen LogP contribution is 2.39. The minimum absolute atomic E-state index is 0.274. The van der Waals surface area contributed by atoms with Crippen LogP contribution in [0.4, 0.5) is 0 Å². The Balaban J connectivity index is 0.000000205. The summed E-state index contributed by atoms with van der Waals surface area (Å²) in [6.45, 7) is 5.52. The van der Waals surface area contributed by atoms with E-state index in [2.05, 4.69) is 62.4 Å². The van der Waals surface area contributed by atoms with Crippen LogP contribution in [0.5, 0.6) is 0 Å². The summed E-state index contributed by atoms with van der Waals surface area (Å²) in [6.07, 6.45) is 14.0. The average Bonchev–Trinajstić information content (AvgIpc) is 2.50. The highest BCUT2D eigenvalue weighted by molar-refractivity contribution is 5.72. The summed E-state index contributed by atoms with van der Waals surface area (Å²) in [4.78, 5) is 0. The molecule has 20 heavy (non-hydrogen) atoms. The molecule has 1 aliphatic carbocycles. The molecular formula is C19H24O. The summed E-state index contributed by atoms with van der Waals surface area (Å²) in [5, 5.41) is 0. The quantitative estimate of drug-likeness (QED) is 0.665. The first-order valence-electron chi connectivity index (χ1n) is 7.39. The van der Waals surface area contributed by atoms with Gasteiger partial charge < -0.3 is 4.74 Å². The van der Waals surface area contributed by atoms with Crippen LogP contribution in [0.15, 0.2) is 60.9 Å². The second-order valence-electron chi connectivity index (χ2n) is 5.85. The van der Waals surface area contributed by atoms with Gasteiger partial charge >= 0.3 is 0 Å². The third-order valence-electron chi connectivity index (χ3n) is 3.67. The van der Waals surface area contributed by atoms with E-state index in [1.807, 2.05) is 6.08 Å². The largest absolute Gasteiger partial charge is 0.502 e. The molecule has 3 rings (SSSR count). The Morgan fingerprint density at radius 3 is 2.35 bits per heavy atom. The molecule has 1 aromatic rings. The Kier molecular flexibility index (Phi) is 5.23. The fourth-order valence-electron chi connectivity index (χ4n) is 2.46. The number of benzene rings is 1. The average molecular weight is 268 g/mol. The zero-order valence-corrected chi connectivity index (χ0v) is 12.5. The fourth-order valence-corrected chi connectivity index (χ4v) is 2.46. The number of hydrogen-bond donors (Lipinski definition) is 0. The van der Waals surface area contributed by atoms with Crippen LogP contribution in [0.2, 0.25) is 0 Å². The van der Waals surface area contributed by atoms with E-state index >= 15 is 0 Å². The molecule has 0 N–H and O–H groups in total. The summed E-state index contributed by atoms with van der Waals surface area (Å²) in [5.41, 5.74) is 3.07. The van der Waals surface area contributed by atoms with Crippen molar-refractivity contribution in [2.75, 3.05) is 6.61 Å².